The fourth-order valence-electron chi connectivity index (χ4n) is 4.19. The first-order valence-corrected chi connectivity index (χ1v) is 7.89. The van der Waals surface area contributed by atoms with Gasteiger partial charge in [0.05, 0.1) is 19.5 Å². The molecule has 2 fully saturated rings. The van der Waals surface area contributed by atoms with Crippen LogP contribution >= 0.6 is 0 Å². The molecular formula is C15H21N5O4. The van der Waals surface area contributed by atoms with Crippen LogP contribution in [-0.4, -0.2) is 49.5 Å². The van der Waals surface area contributed by atoms with E-state index in [0.29, 0.717) is 12.3 Å². The number of fused-ring (bicyclic) bond motifs is 3. The van der Waals surface area contributed by atoms with Crippen LogP contribution in [0.1, 0.15) is 27.0 Å². The molecule has 130 valence electrons. The maximum atomic E-state index is 12.0. The molecule has 0 radical (unpaired) electrons. The molecule has 2 aromatic heterocycles. The number of imidazole rings is 1. The summed E-state index contributed by atoms with van der Waals surface area (Å²) in [6.07, 6.45) is 0.719. The van der Waals surface area contributed by atoms with Crippen LogP contribution in [0.4, 0.5) is 5.95 Å². The number of nitrogens with zero attached hydrogens (tertiary/aromatic N) is 3. The molecule has 24 heavy (non-hydrogen) atoms. The number of hydrogen-bond donors (Lipinski definition) is 3. The van der Waals surface area contributed by atoms with Gasteiger partial charge >= 0.3 is 0 Å². The van der Waals surface area contributed by atoms with Gasteiger partial charge in [0.15, 0.2) is 17.4 Å². The monoisotopic (exact) mass is 335 g/mol. The van der Waals surface area contributed by atoms with E-state index >= 15 is 0 Å². The van der Waals surface area contributed by atoms with Crippen molar-refractivity contribution in [3.63, 3.8) is 0 Å². The number of H-pyrrole nitrogens is 1. The normalized spacial score (nSPS) is 32.8. The Morgan fingerprint density at radius 3 is 2.92 bits per heavy atom. The third kappa shape index (κ3) is 1.95. The van der Waals surface area contributed by atoms with E-state index < -0.39 is 17.4 Å². The topological polar surface area (TPSA) is 128 Å². The second kappa shape index (κ2) is 4.78. The quantitative estimate of drug-likeness (QED) is 0.706. The van der Waals surface area contributed by atoms with E-state index in [4.69, 9.17) is 15.2 Å². The number of rotatable bonds is 2. The highest BCUT2D eigenvalue weighted by Gasteiger charge is 2.65. The van der Waals surface area contributed by atoms with Crippen LogP contribution in [0.2, 0.25) is 0 Å². The summed E-state index contributed by atoms with van der Waals surface area (Å²) in [5.41, 5.74) is 4.91. The van der Waals surface area contributed by atoms with Crippen LogP contribution in [0.15, 0.2) is 11.1 Å². The molecule has 9 heteroatoms. The second-order valence-corrected chi connectivity index (χ2v) is 7.63. The maximum absolute atomic E-state index is 12.0. The van der Waals surface area contributed by atoms with Gasteiger partial charge in [0, 0.05) is 5.92 Å². The number of anilines is 1. The van der Waals surface area contributed by atoms with E-state index in [-0.39, 0.29) is 35.5 Å². The lowest BCUT2D eigenvalue weighted by atomic mass is 9.71. The van der Waals surface area contributed by atoms with Gasteiger partial charge in [-0.25, -0.2) is 4.98 Å². The van der Waals surface area contributed by atoms with Crippen LogP contribution in [0.5, 0.6) is 0 Å². The van der Waals surface area contributed by atoms with Crippen molar-refractivity contribution in [2.75, 3.05) is 18.9 Å². The zero-order chi connectivity index (χ0) is 17.3. The van der Waals surface area contributed by atoms with Crippen molar-refractivity contribution in [1.29, 1.82) is 0 Å². The second-order valence-electron chi connectivity index (χ2n) is 7.63. The smallest absolute Gasteiger partial charge is 0.280 e. The Morgan fingerprint density at radius 2 is 2.29 bits per heavy atom. The van der Waals surface area contributed by atoms with Crippen LogP contribution in [0.25, 0.3) is 11.2 Å². The fraction of sp³-hybridized carbons (Fsp3) is 0.667. The first-order valence-electron chi connectivity index (χ1n) is 7.89. The molecule has 0 saturated carbocycles. The summed E-state index contributed by atoms with van der Waals surface area (Å²) in [6, 6.07) is 0. The molecule has 2 aliphatic heterocycles. The predicted molar refractivity (Wildman–Crippen MR) is 85.2 cm³/mol. The van der Waals surface area contributed by atoms with E-state index in [0.717, 1.165) is 0 Å². The summed E-state index contributed by atoms with van der Waals surface area (Å²) >= 11 is 0. The van der Waals surface area contributed by atoms with E-state index in [9.17, 15) is 9.90 Å². The third-order valence-corrected chi connectivity index (χ3v) is 4.98. The summed E-state index contributed by atoms with van der Waals surface area (Å²) < 4.78 is 13.8. The Balaban J connectivity index is 1.84. The lowest BCUT2D eigenvalue weighted by Gasteiger charge is -2.35. The number of ether oxygens (including phenoxy) is 2. The average Bonchev–Trinajstić information content (AvgIpc) is 3.15. The molecule has 0 aliphatic carbocycles. The molecular weight excluding hydrogens is 314 g/mol. The van der Waals surface area contributed by atoms with Gasteiger partial charge in [0.1, 0.15) is 11.7 Å². The van der Waals surface area contributed by atoms with Crippen LogP contribution < -0.4 is 11.3 Å². The molecule has 2 bridgehead atoms. The first-order chi connectivity index (χ1) is 11.3. The number of nitrogen functional groups attached to an aromatic ring is 1. The Bertz CT molecular complexity index is 854. The van der Waals surface area contributed by atoms with Crippen molar-refractivity contribution >= 4 is 17.1 Å². The molecule has 0 aromatic carbocycles. The maximum Gasteiger partial charge on any atom is 0.280 e. The molecule has 4 N–H and O–H groups in total. The fourth-order valence-corrected chi connectivity index (χ4v) is 4.19. The number of aromatic nitrogens is 4. The highest BCUT2D eigenvalue weighted by molar-refractivity contribution is 5.70. The molecule has 3 unspecified atom stereocenters. The van der Waals surface area contributed by atoms with Crippen molar-refractivity contribution in [3.8, 4) is 0 Å². The molecule has 2 aromatic rings. The van der Waals surface area contributed by atoms with Crippen molar-refractivity contribution in [2.24, 2.45) is 11.3 Å². The van der Waals surface area contributed by atoms with E-state index in [1.54, 1.807) is 4.57 Å². The minimum Gasteiger partial charge on any atom is -0.393 e. The van der Waals surface area contributed by atoms with E-state index in [1.165, 1.54) is 6.33 Å². The summed E-state index contributed by atoms with van der Waals surface area (Å²) in [5, 5.41) is 9.97. The summed E-state index contributed by atoms with van der Waals surface area (Å²) in [5.74, 6) is 0.0133. The molecule has 2 saturated heterocycles. The number of nitrogens with two attached hydrogens (primary N) is 1. The number of aromatic amines is 1. The van der Waals surface area contributed by atoms with E-state index in [2.05, 4.69) is 35.7 Å². The van der Waals surface area contributed by atoms with Gasteiger partial charge in [-0.2, -0.15) is 4.98 Å². The molecule has 9 nitrogen and oxygen atoms in total. The largest absolute Gasteiger partial charge is 0.393 e. The molecule has 0 spiro atoms. The summed E-state index contributed by atoms with van der Waals surface area (Å²) in [6.45, 7) is 6.51. The van der Waals surface area contributed by atoms with Gasteiger partial charge in [-0.3, -0.25) is 14.3 Å². The third-order valence-electron chi connectivity index (χ3n) is 4.98. The van der Waals surface area contributed by atoms with E-state index in [1.807, 2.05) is 0 Å². The van der Waals surface area contributed by atoms with Gasteiger partial charge in [0.2, 0.25) is 5.95 Å². The molecule has 0 amide bonds. The van der Waals surface area contributed by atoms with Crippen LogP contribution in [-0.2, 0) is 9.47 Å². The molecule has 4 heterocycles. The number of hydrogen-bond acceptors (Lipinski definition) is 7. The molecule has 4 rings (SSSR count). The zero-order valence-electron chi connectivity index (χ0n) is 13.8. The summed E-state index contributed by atoms with van der Waals surface area (Å²) in [4.78, 5) is 22.7. The molecule has 4 atom stereocenters. The Hall–Kier alpha value is -1.97. The zero-order valence-corrected chi connectivity index (χ0v) is 13.8. The SMILES string of the molecule is CC(C)(C)C1C2OC[C@@]1(CO)OC2n1cnc2c(=O)[nH]c(N)nc21. The average molecular weight is 335 g/mol. The van der Waals surface area contributed by atoms with Crippen LogP contribution in [0, 0.1) is 11.3 Å². The van der Waals surface area contributed by atoms with Gasteiger partial charge in [0.25, 0.3) is 5.56 Å². The van der Waals surface area contributed by atoms with Gasteiger partial charge in [-0.05, 0) is 5.41 Å². The number of nitrogens with one attached hydrogen (secondary N) is 1. The highest BCUT2D eigenvalue weighted by atomic mass is 16.6. The van der Waals surface area contributed by atoms with Gasteiger partial charge in [-0.15, -0.1) is 0 Å². The Morgan fingerprint density at radius 1 is 1.54 bits per heavy atom. The number of aliphatic hydroxyl groups is 1. The van der Waals surface area contributed by atoms with Gasteiger partial charge in [-0.1, -0.05) is 20.8 Å². The predicted octanol–water partition coefficient (Wildman–Crippen LogP) is 0.0228. The minimum absolute atomic E-state index is 0.00297. The van der Waals surface area contributed by atoms with Crippen molar-refractivity contribution in [1.82, 2.24) is 19.5 Å². The van der Waals surface area contributed by atoms with Crippen molar-refractivity contribution < 1.29 is 14.6 Å². The first kappa shape index (κ1) is 15.6. The lowest BCUT2D eigenvalue weighted by Crippen LogP contribution is -2.45. The lowest BCUT2D eigenvalue weighted by molar-refractivity contribution is -0.185. The van der Waals surface area contributed by atoms with Gasteiger partial charge < -0.3 is 20.3 Å². The van der Waals surface area contributed by atoms with Crippen molar-refractivity contribution in [2.45, 2.75) is 38.7 Å². The summed E-state index contributed by atoms with van der Waals surface area (Å²) in [7, 11) is 0. The van der Waals surface area contributed by atoms with Crippen molar-refractivity contribution in [3.05, 3.63) is 16.7 Å². The highest BCUT2D eigenvalue weighted by Crippen LogP contribution is 2.55. The standard InChI is InChI=1S/C15H21N5O4/c1-14(2,3)9-8-12(24-15(9,4-21)5-23-8)20-6-17-7-10(20)18-13(16)19-11(7)22/h6,8-9,12,21H,4-5H2,1-3H3,(H3,16,18,19,22)/t8?,9?,12?,15-/m1/s1. The Labute approximate surface area is 137 Å². The minimum atomic E-state index is -0.767. The molecule has 2 aliphatic rings. The Kier molecular flexibility index (Phi) is 3.09. The van der Waals surface area contributed by atoms with Crippen LogP contribution in [0.3, 0.4) is 0 Å². The number of aliphatic hydroxyl groups excluding tert-OH is 1.